The second-order valence-corrected chi connectivity index (χ2v) is 10.6. The van der Waals surface area contributed by atoms with Gasteiger partial charge in [-0.2, -0.15) is 18.4 Å². The van der Waals surface area contributed by atoms with Gasteiger partial charge in [0.15, 0.2) is 0 Å². The Balaban J connectivity index is 1.68. The smallest absolute Gasteiger partial charge is 0.358 e. The van der Waals surface area contributed by atoms with Crippen LogP contribution in [0.4, 0.5) is 27.6 Å². The molecule has 2 aliphatic rings. The monoisotopic (exact) mass is 511 g/mol. The maximum absolute atomic E-state index is 14.2. The van der Waals surface area contributed by atoms with Crippen LogP contribution in [0.3, 0.4) is 0 Å². The molecule has 3 atom stereocenters. The first-order chi connectivity index (χ1) is 16.3. The van der Waals surface area contributed by atoms with Gasteiger partial charge in [0.25, 0.3) is 5.92 Å². The third-order valence-corrected chi connectivity index (χ3v) is 8.01. The zero-order valence-electron chi connectivity index (χ0n) is 18.6. The lowest BCUT2D eigenvalue weighted by molar-refractivity contribution is -0.137. The second kappa shape index (κ2) is 8.90. The van der Waals surface area contributed by atoms with Gasteiger partial charge in [0.05, 0.1) is 27.7 Å². The van der Waals surface area contributed by atoms with Gasteiger partial charge in [0, 0.05) is 29.6 Å². The first-order valence-electron chi connectivity index (χ1n) is 10.9. The highest BCUT2D eigenvalue weighted by atomic mass is 32.2. The number of nitrogens with one attached hydrogen (secondary N) is 1. The second-order valence-electron chi connectivity index (χ2n) is 8.94. The van der Waals surface area contributed by atoms with Crippen molar-refractivity contribution >= 4 is 22.4 Å². The molecule has 1 heterocycles. The topological polar surface area (TPSA) is 73.2 Å². The average Bonchev–Trinajstić information content (AvgIpc) is 3.43. The lowest BCUT2D eigenvalue weighted by atomic mass is 10.1. The third kappa shape index (κ3) is 5.17. The molecule has 2 aromatic rings. The fourth-order valence-corrected chi connectivity index (χ4v) is 5.93. The minimum absolute atomic E-state index is 0.0418. The summed E-state index contributed by atoms with van der Waals surface area (Å²) in [5.41, 5.74) is -2.23. The largest absolute Gasteiger partial charge is 0.416 e. The predicted molar refractivity (Wildman–Crippen MR) is 119 cm³/mol. The molecule has 0 bridgehead atoms. The van der Waals surface area contributed by atoms with Crippen molar-refractivity contribution in [1.82, 2.24) is 5.32 Å². The van der Waals surface area contributed by atoms with Crippen LogP contribution in [0.5, 0.6) is 0 Å². The fraction of sp³-hybridized carbons (Fsp3) is 0.417. The number of amides is 1. The van der Waals surface area contributed by atoms with E-state index in [0.717, 1.165) is 12.1 Å². The Bertz CT molecular complexity index is 1200. The van der Waals surface area contributed by atoms with Crippen LogP contribution in [0.15, 0.2) is 53.4 Å². The Labute approximate surface area is 201 Å². The number of nitriles is 1. The Morgan fingerprint density at radius 1 is 1.14 bits per heavy atom. The maximum atomic E-state index is 14.2. The van der Waals surface area contributed by atoms with Gasteiger partial charge in [0.1, 0.15) is 11.6 Å². The first-order valence-corrected chi connectivity index (χ1v) is 12.1. The molecule has 3 unspecified atom stereocenters. The summed E-state index contributed by atoms with van der Waals surface area (Å²) < 4.78 is 81.7. The molecule has 186 valence electrons. The molecule has 4 rings (SSSR count). The van der Waals surface area contributed by atoms with Crippen LogP contribution in [-0.2, 0) is 27.7 Å². The number of hydrogen-bond acceptors (Lipinski definition) is 4. The van der Waals surface area contributed by atoms with Gasteiger partial charge in [-0.1, -0.05) is 24.3 Å². The highest BCUT2D eigenvalue weighted by Crippen LogP contribution is 2.39. The van der Waals surface area contributed by atoms with Crippen molar-refractivity contribution in [3.63, 3.8) is 0 Å². The Morgan fingerprint density at radius 2 is 1.83 bits per heavy atom. The molecule has 1 aliphatic carbocycles. The van der Waals surface area contributed by atoms with Crippen molar-refractivity contribution in [2.75, 3.05) is 11.4 Å². The van der Waals surface area contributed by atoms with E-state index in [2.05, 4.69) is 5.32 Å². The Hall–Kier alpha value is -3.00. The molecular formula is C24H22F5N3O2S. The summed E-state index contributed by atoms with van der Waals surface area (Å²) in [5.74, 6) is -3.83. The molecule has 1 amide bonds. The average molecular weight is 512 g/mol. The van der Waals surface area contributed by atoms with Crippen molar-refractivity contribution in [1.29, 1.82) is 5.26 Å². The molecule has 1 N–H and O–H groups in total. The number of halogens is 5. The molecule has 1 saturated heterocycles. The zero-order valence-corrected chi connectivity index (χ0v) is 19.4. The summed E-state index contributed by atoms with van der Waals surface area (Å²) in [6, 6.07) is 10.8. The minimum Gasteiger partial charge on any atom is -0.358 e. The molecule has 2 aromatic carbocycles. The number of alkyl halides is 5. The van der Waals surface area contributed by atoms with E-state index in [1.807, 2.05) is 6.07 Å². The summed E-state index contributed by atoms with van der Waals surface area (Å²) in [6.07, 6.45) is -3.74. The molecule has 2 fully saturated rings. The van der Waals surface area contributed by atoms with Gasteiger partial charge >= 0.3 is 6.18 Å². The molecule has 0 aromatic heterocycles. The summed E-state index contributed by atoms with van der Waals surface area (Å²) >= 11 is 0. The van der Waals surface area contributed by atoms with E-state index in [1.54, 1.807) is 0 Å². The lowest BCUT2D eigenvalue weighted by Gasteiger charge is -2.27. The summed E-state index contributed by atoms with van der Waals surface area (Å²) in [6.45, 7) is 0.606. The molecular weight excluding hydrogens is 489 g/mol. The maximum Gasteiger partial charge on any atom is 0.416 e. The van der Waals surface area contributed by atoms with Crippen LogP contribution in [0.25, 0.3) is 0 Å². The van der Waals surface area contributed by atoms with Gasteiger partial charge in [-0.15, -0.1) is 0 Å². The van der Waals surface area contributed by atoms with Crippen molar-refractivity contribution in [2.24, 2.45) is 0 Å². The van der Waals surface area contributed by atoms with Crippen molar-refractivity contribution in [3.05, 3.63) is 59.7 Å². The summed E-state index contributed by atoms with van der Waals surface area (Å²) in [7, 11) is -1.97. The van der Waals surface area contributed by atoms with Gasteiger partial charge in [-0.3, -0.25) is 9.00 Å². The van der Waals surface area contributed by atoms with Crippen LogP contribution < -0.4 is 10.2 Å². The Morgan fingerprint density at radius 3 is 2.43 bits per heavy atom. The first kappa shape index (κ1) is 25.1. The predicted octanol–water partition coefficient (Wildman–Crippen LogP) is 4.74. The molecule has 0 spiro atoms. The number of rotatable bonds is 6. The van der Waals surface area contributed by atoms with Gasteiger partial charge in [-0.05, 0) is 43.5 Å². The molecule has 35 heavy (non-hydrogen) atoms. The van der Waals surface area contributed by atoms with Crippen LogP contribution >= 0.6 is 0 Å². The molecule has 11 heteroatoms. The van der Waals surface area contributed by atoms with Crippen LogP contribution in [0, 0.1) is 11.3 Å². The van der Waals surface area contributed by atoms with Crippen LogP contribution in [-0.4, -0.2) is 33.5 Å². The molecule has 5 nitrogen and oxygen atoms in total. The highest BCUT2D eigenvalue weighted by Gasteiger charge is 2.48. The van der Waals surface area contributed by atoms with E-state index in [-0.39, 0.29) is 23.5 Å². The Kier molecular flexibility index (Phi) is 6.38. The lowest BCUT2D eigenvalue weighted by Crippen LogP contribution is -2.47. The minimum atomic E-state index is -4.61. The van der Waals surface area contributed by atoms with E-state index < -0.39 is 56.8 Å². The number of carbonyl (C=O) groups excluding carboxylic acids is 1. The van der Waals surface area contributed by atoms with Crippen LogP contribution in [0.1, 0.15) is 37.3 Å². The van der Waals surface area contributed by atoms with Crippen LogP contribution in [0.2, 0.25) is 0 Å². The number of carbonyl (C=O) groups is 1. The van der Waals surface area contributed by atoms with Crippen molar-refractivity contribution < 1.29 is 31.0 Å². The van der Waals surface area contributed by atoms with E-state index in [4.69, 9.17) is 0 Å². The quantitative estimate of drug-likeness (QED) is 0.569. The van der Waals surface area contributed by atoms with E-state index in [0.29, 0.717) is 19.8 Å². The van der Waals surface area contributed by atoms with E-state index in [9.17, 15) is 36.2 Å². The summed E-state index contributed by atoms with van der Waals surface area (Å²) in [4.78, 5) is 14.4. The molecule has 1 aliphatic heterocycles. The number of nitrogens with zero attached hydrogens (tertiary/aromatic N) is 2. The molecule has 0 radical (unpaired) electrons. The molecule has 1 saturated carbocycles. The fourth-order valence-electron chi connectivity index (χ4n) is 4.24. The van der Waals surface area contributed by atoms with Crippen molar-refractivity contribution in [3.8, 4) is 6.07 Å². The standard InChI is InChI=1S/C24H22F5N3O2S/c1-22(25,26)18-7-2-3-8-20(18)35(34)17-12-19(21(33)31-23(14-30)9-10-23)32(13-17)16-6-4-5-15(11-16)24(27,28)29/h2-8,11,17,19H,9-10,12-13H2,1H3,(H,31,33). The normalized spacial score (nSPS) is 22.4. The highest BCUT2D eigenvalue weighted by molar-refractivity contribution is 7.85. The van der Waals surface area contributed by atoms with Gasteiger partial charge < -0.3 is 10.2 Å². The van der Waals surface area contributed by atoms with Crippen molar-refractivity contribution in [2.45, 2.75) is 60.0 Å². The van der Waals surface area contributed by atoms with Gasteiger partial charge in [-0.25, -0.2) is 8.78 Å². The number of hydrogen-bond donors (Lipinski definition) is 1. The third-order valence-electron chi connectivity index (χ3n) is 6.28. The SMILES string of the molecule is CC(F)(F)c1ccccc1S(=O)C1CC(C(=O)NC2(C#N)CC2)N(c2cccc(C(F)(F)F)c2)C1. The van der Waals surface area contributed by atoms with E-state index in [1.165, 1.54) is 41.3 Å². The zero-order chi connectivity index (χ0) is 25.6. The summed E-state index contributed by atoms with van der Waals surface area (Å²) in [5, 5.41) is 11.2. The number of benzene rings is 2. The van der Waals surface area contributed by atoms with E-state index >= 15 is 0 Å². The number of anilines is 1. The van der Waals surface area contributed by atoms with Gasteiger partial charge in [0.2, 0.25) is 5.91 Å².